The first kappa shape index (κ1) is 46.7. The van der Waals surface area contributed by atoms with E-state index >= 15 is 0 Å². The summed E-state index contributed by atoms with van der Waals surface area (Å²) in [7, 11) is 0. The summed E-state index contributed by atoms with van der Waals surface area (Å²) in [6.07, 6.45) is -0.969. The van der Waals surface area contributed by atoms with Crippen LogP contribution in [0.25, 0.3) is 27.8 Å². The van der Waals surface area contributed by atoms with Gasteiger partial charge in [-0.1, -0.05) is 48.6 Å². The molecule has 1 unspecified atom stereocenters. The van der Waals surface area contributed by atoms with Crippen molar-refractivity contribution < 1.29 is 73.9 Å². The van der Waals surface area contributed by atoms with E-state index in [2.05, 4.69) is 10.3 Å². The number of nitrogens with one attached hydrogen (secondary N) is 2. The van der Waals surface area contributed by atoms with Gasteiger partial charge in [0.25, 0.3) is 5.79 Å². The van der Waals surface area contributed by atoms with Gasteiger partial charge in [-0.15, -0.1) is 0 Å². The molecular weight excluding hydrogens is 859 g/mol. The van der Waals surface area contributed by atoms with Crippen molar-refractivity contribution in [3.63, 3.8) is 0 Å². The highest BCUT2D eigenvalue weighted by atomic mass is 16.8. The molecule has 4 aliphatic rings. The van der Waals surface area contributed by atoms with E-state index in [0.717, 1.165) is 41.5 Å². The first-order chi connectivity index (χ1) is 31.7. The van der Waals surface area contributed by atoms with Gasteiger partial charge < -0.3 is 59.7 Å². The number of hydroxylamine groups is 2. The molecular formula is C48H54N3O15+. The summed E-state index contributed by atoms with van der Waals surface area (Å²) in [5.74, 6) is -8.30. The number of phenolic OH excluding ortho intramolecular Hbond substituents is 1. The molecule has 3 aliphatic heterocycles. The predicted molar refractivity (Wildman–Crippen MR) is 236 cm³/mol. The number of carbonyl (C=O) groups excluding carboxylic acids is 1. The Labute approximate surface area is 378 Å². The quantitative estimate of drug-likeness (QED) is 0.0441. The van der Waals surface area contributed by atoms with E-state index in [1.807, 2.05) is 38.1 Å². The van der Waals surface area contributed by atoms with Crippen molar-refractivity contribution in [2.24, 2.45) is 10.9 Å². The number of carboxylic acids is 1. The van der Waals surface area contributed by atoms with E-state index in [-0.39, 0.29) is 52.5 Å². The molecule has 4 aromatic rings. The number of aliphatic imine (C=N–C) groups is 1. The van der Waals surface area contributed by atoms with Crippen molar-refractivity contribution in [3.05, 3.63) is 111 Å². The van der Waals surface area contributed by atoms with Crippen LogP contribution in [0.5, 0.6) is 11.5 Å². The lowest BCUT2D eigenvalue weighted by Gasteiger charge is -2.46. The van der Waals surface area contributed by atoms with Crippen molar-refractivity contribution in [3.8, 4) is 22.6 Å². The molecule has 0 radical (unpaired) electrons. The standard InChI is InChI=1S/C48H53N3O15/c1-25-18-26(2)20-29(19-25)39-38-28(14-16-49-38)22-51(39)66-43-41(56)42(57)44(48(61,24-53)65-46(60)37(45(58)59)35(15-17-52)50-30-6-4-3-5-7-30)64-47(43)63-32-12-13-33-36(21-32)62-23-34(40(33)55)27-8-10-31(54)11-9-27/h8-14,16,18-21,23,30,35,37,41-44,47,50,52-54,56-57,61H,3-7,15,17,22,24H2,1-2H3,(H,58,59)/p+1/t35-,37-,41+,42+,43-,44+,47-,48+/m0/s1. The first-order valence-electron chi connectivity index (χ1n) is 22.0. The number of aliphatic carboxylic acids is 1. The number of aliphatic hydroxyl groups excluding tert-OH is 4. The fourth-order valence-corrected chi connectivity index (χ4v) is 9.31. The maximum absolute atomic E-state index is 13.9. The zero-order chi connectivity index (χ0) is 46.9. The second kappa shape index (κ2) is 19.6. The lowest BCUT2D eigenvalue weighted by molar-refractivity contribution is -1.04. The maximum atomic E-state index is 13.9. The Morgan fingerprint density at radius 2 is 1.70 bits per heavy atom. The van der Waals surface area contributed by atoms with Gasteiger partial charge in [0.05, 0.1) is 10.9 Å². The second-order valence-electron chi connectivity index (χ2n) is 17.3. The van der Waals surface area contributed by atoms with Crippen LogP contribution in [-0.2, 0) is 23.9 Å². The third kappa shape index (κ3) is 9.55. The number of hydrogen-bond acceptors (Lipinski definition) is 16. The molecule has 1 aromatic heterocycles. The van der Waals surface area contributed by atoms with Crippen molar-refractivity contribution in [2.75, 3.05) is 19.8 Å². The van der Waals surface area contributed by atoms with Crippen LogP contribution in [0.1, 0.15) is 55.2 Å². The van der Waals surface area contributed by atoms with Crippen molar-refractivity contribution >= 4 is 34.8 Å². The molecule has 3 aromatic carbocycles. The lowest BCUT2D eigenvalue weighted by Crippen LogP contribution is -3.08. The van der Waals surface area contributed by atoms with Crippen molar-refractivity contribution in [1.82, 2.24) is 5.32 Å². The number of nitrogens with zero attached hydrogens (tertiary/aromatic N) is 1. The van der Waals surface area contributed by atoms with Gasteiger partial charge >= 0.3 is 11.9 Å². The van der Waals surface area contributed by atoms with Gasteiger partial charge in [-0.2, -0.15) is 9.90 Å². The zero-order valence-electron chi connectivity index (χ0n) is 36.3. The summed E-state index contributed by atoms with van der Waals surface area (Å²) in [5.41, 5.74) is 5.18. The summed E-state index contributed by atoms with van der Waals surface area (Å²) in [4.78, 5) is 51.4. The first-order valence-corrected chi connectivity index (χ1v) is 22.0. The number of quaternary nitrogens is 1. The molecule has 1 aliphatic carbocycles. The van der Waals surface area contributed by atoms with Gasteiger partial charge in [0.2, 0.25) is 12.4 Å². The Kier molecular flexibility index (Phi) is 13.9. The molecule has 0 amide bonds. The van der Waals surface area contributed by atoms with Crippen molar-refractivity contribution in [1.29, 1.82) is 0 Å². The Hall–Kier alpha value is -5.80. The molecule has 350 valence electrons. The molecule has 9 atom stereocenters. The Morgan fingerprint density at radius 1 is 0.970 bits per heavy atom. The van der Waals surface area contributed by atoms with Crippen LogP contribution in [-0.4, -0.2) is 122 Å². The van der Waals surface area contributed by atoms with Crippen LogP contribution in [0.3, 0.4) is 0 Å². The molecule has 8 rings (SSSR count). The van der Waals surface area contributed by atoms with Crippen LogP contribution in [0.4, 0.5) is 0 Å². The van der Waals surface area contributed by atoms with Gasteiger partial charge in [-0.3, -0.25) is 14.4 Å². The smallest absolute Gasteiger partial charge is 0.324 e. The van der Waals surface area contributed by atoms with E-state index < -0.39 is 73.6 Å². The van der Waals surface area contributed by atoms with Gasteiger partial charge in [-0.25, -0.2) is 4.99 Å². The van der Waals surface area contributed by atoms with Crippen LogP contribution < -0.4 is 20.5 Å². The largest absolute Gasteiger partial charge is 0.508 e. The number of fused-ring (bicyclic) bond motifs is 2. The minimum atomic E-state index is -3.18. The van der Waals surface area contributed by atoms with Gasteiger partial charge in [0.15, 0.2) is 23.1 Å². The number of aryl methyl sites for hydroxylation is 2. The zero-order valence-corrected chi connectivity index (χ0v) is 36.3. The average Bonchev–Trinajstić information content (AvgIpc) is 3.88. The summed E-state index contributed by atoms with van der Waals surface area (Å²) in [6, 6.07) is 14.8. The Bertz CT molecular complexity index is 2580. The third-order valence-corrected chi connectivity index (χ3v) is 12.5. The van der Waals surface area contributed by atoms with Crippen LogP contribution in [0.2, 0.25) is 0 Å². The van der Waals surface area contributed by atoms with Crippen LogP contribution in [0.15, 0.2) is 98.5 Å². The molecule has 18 nitrogen and oxygen atoms in total. The third-order valence-electron chi connectivity index (χ3n) is 12.5. The number of phenols is 1. The number of carboxylic acid groups (broad SMARTS) is 1. The molecule has 2 fully saturated rings. The minimum absolute atomic E-state index is 0.00596. The number of hydrogen-bond donors (Lipinski definition) is 9. The molecule has 1 saturated carbocycles. The van der Waals surface area contributed by atoms with Gasteiger partial charge in [-0.05, 0) is 81.1 Å². The fourth-order valence-electron chi connectivity index (χ4n) is 9.31. The van der Waals surface area contributed by atoms with E-state index in [9.17, 15) is 50.1 Å². The van der Waals surface area contributed by atoms with Gasteiger partial charge in [0.1, 0.15) is 54.4 Å². The molecule has 4 heterocycles. The monoisotopic (exact) mass is 912 g/mol. The van der Waals surface area contributed by atoms with Crippen molar-refractivity contribution in [2.45, 2.75) is 101 Å². The Morgan fingerprint density at radius 3 is 2.38 bits per heavy atom. The summed E-state index contributed by atoms with van der Waals surface area (Å²) < 4.78 is 23.8. The van der Waals surface area contributed by atoms with E-state index in [1.54, 1.807) is 18.3 Å². The number of ether oxygens (including phenoxy) is 3. The SMILES string of the molecule is Cc1cc(C)cc(C2=C3N=CC=C3C[NH+]2O[C@@H]2[C@@H](Oc3ccc4c(=O)c(-c5ccc(O)cc5)coc4c3)O[C@@H]([C@@](O)(CO)OC(=O)[C@H](C(=O)O)[C@H](CCO)NC3CCCCC3)[C@H](O)[C@H]2O)c1. The van der Waals surface area contributed by atoms with Crippen LogP contribution >= 0.6 is 0 Å². The normalized spacial score (nSPS) is 25.0. The summed E-state index contributed by atoms with van der Waals surface area (Å²) in [6.45, 7) is 2.19. The number of allylic oxidation sites excluding steroid dienone is 1. The highest BCUT2D eigenvalue weighted by molar-refractivity contribution is 5.95. The molecule has 0 spiro atoms. The number of aliphatic hydroxyl groups is 5. The number of esters is 1. The summed E-state index contributed by atoms with van der Waals surface area (Å²) in [5, 5.41) is 80.0. The molecule has 1 saturated heterocycles. The highest BCUT2D eigenvalue weighted by Crippen LogP contribution is 2.35. The molecule has 18 heteroatoms. The highest BCUT2D eigenvalue weighted by Gasteiger charge is 2.59. The average molecular weight is 913 g/mol. The fraction of sp³-hybridized carbons (Fsp3) is 0.417. The Balaban J connectivity index is 1.12. The number of carbonyl (C=O) groups is 2. The second-order valence-corrected chi connectivity index (χ2v) is 17.3. The van der Waals surface area contributed by atoms with Gasteiger partial charge in [0, 0.05) is 42.1 Å². The van der Waals surface area contributed by atoms with E-state index in [4.69, 9.17) is 23.5 Å². The molecule has 0 bridgehead atoms. The maximum Gasteiger partial charge on any atom is 0.324 e. The number of rotatable bonds is 16. The number of aromatic hydroxyl groups is 1. The minimum Gasteiger partial charge on any atom is -0.508 e. The van der Waals surface area contributed by atoms with Crippen LogP contribution in [0, 0.1) is 19.8 Å². The van der Waals surface area contributed by atoms with E-state index in [1.165, 1.54) is 36.6 Å². The number of benzene rings is 3. The topological polar surface area (TPSA) is 272 Å². The van der Waals surface area contributed by atoms with E-state index in [0.29, 0.717) is 34.9 Å². The molecule has 9 N–H and O–H groups in total. The summed E-state index contributed by atoms with van der Waals surface area (Å²) >= 11 is 0. The molecule has 66 heavy (non-hydrogen) atoms. The predicted octanol–water partition coefficient (Wildman–Crippen LogP) is 1.78. The lowest BCUT2D eigenvalue weighted by atomic mass is 9.90.